The monoisotopic (exact) mass is 229 g/mol. The Morgan fingerprint density at radius 2 is 2.00 bits per heavy atom. The average molecular weight is 229 g/mol. The highest BCUT2D eigenvalue weighted by molar-refractivity contribution is 6.09. The van der Waals surface area contributed by atoms with Crippen LogP contribution in [-0.4, -0.2) is 24.5 Å². The van der Waals surface area contributed by atoms with Crippen LogP contribution in [0.3, 0.4) is 0 Å². The number of carbonyl (C=O) groups excluding carboxylic acids is 1. The number of aromatic nitrogens is 1. The van der Waals surface area contributed by atoms with E-state index in [4.69, 9.17) is 0 Å². The topological polar surface area (TPSA) is 54.0 Å². The number of carbonyl (C=O) groups is 1. The van der Waals surface area contributed by atoms with E-state index < -0.39 is 0 Å². The molecule has 4 heteroatoms. The largest absolute Gasteiger partial charge is 0.373 e. The molecule has 2 N–H and O–H groups in total. The van der Waals surface area contributed by atoms with Crippen molar-refractivity contribution in [3.05, 3.63) is 36.0 Å². The van der Waals surface area contributed by atoms with Crippen molar-refractivity contribution in [2.24, 2.45) is 0 Å². The molecule has 0 aliphatic carbocycles. The van der Waals surface area contributed by atoms with Gasteiger partial charge in [-0.1, -0.05) is 24.3 Å². The van der Waals surface area contributed by atoms with Crippen LogP contribution >= 0.6 is 0 Å². The highest BCUT2D eigenvalue weighted by Crippen LogP contribution is 2.23. The summed E-state index contributed by atoms with van der Waals surface area (Å²) < 4.78 is 0. The molecule has 88 valence electrons. The molecule has 0 unspecified atom stereocenters. The smallest absolute Gasteiger partial charge is 0.253 e. The number of hydrogen-bond donors (Lipinski definition) is 2. The summed E-state index contributed by atoms with van der Waals surface area (Å²) in [6.07, 6.45) is 1.61. The molecule has 0 bridgehead atoms. The van der Waals surface area contributed by atoms with E-state index in [1.807, 2.05) is 38.2 Å². The highest BCUT2D eigenvalue weighted by atomic mass is 16.1. The SMILES string of the molecule is CCNC(=O)c1cnc(NC)c2ccccc12. The summed E-state index contributed by atoms with van der Waals surface area (Å²) in [6, 6.07) is 7.75. The van der Waals surface area contributed by atoms with Crippen molar-refractivity contribution in [1.82, 2.24) is 10.3 Å². The van der Waals surface area contributed by atoms with Crippen LogP contribution < -0.4 is 10.6 Å². The van der Waals surface area contributed by atoms with Crippen molar-refractivity contribution in [3.63, 3.8) is 0 Å². The first-order chi connectivity index (χ1) is 8.27. The third kappa shape index (κ3) is 2.06. The summed E-state index contributed by atoms with van der Waals surface area (Å²) >= 11 is 0. The Hall–Kier alpha value is -2.10. The van der Waals surface area contributed by atoms with Gasteiger partial charge in [-0.2, -0.15) is 0 Å². The van der Waals surface area contributed by atoms with Crippen molar-refractivity contribution in [3.8, 4) is 0 Å². The van der Waals surface area contributed by atoms with Gasteiger partial charge in [0.1, 0.15) is 5.82 Å². The maximum atomic E-state index is 11.9. The summed E-state index contributed by atoms with van der Waals surface area (Å²) in [5.41, 5.74) is 0.612. The molecule has 17 heavy (non-hydrogen) atoms. The molecule has 0 fully saturated rings. The van der Waals surface area contributed by atoms with E-state index in [9.17, 15) is 4.79 Å². The second-order valence-electron chi connectivity index (χ2n) is 3.68. The van der Waals surface area contributed by atoms with E-state index in [0.29, 0.717) is 12.1 Å². The molecule has 0 spiro atoms. The quantitative estimate of drug-likeness (QED) is 0.846. The fourth-order valence-corrected chi connectivity index (χ4v) is 1.83. The average Bonchev–Trinajstić information content (AvgIpc) is 2.37. The molecule has 0 saturated carbocycles. The van der Waals surface area contributed by atoms with Gasteiger partial charge in [0.25, 0.3) is 5.91 Å². The molecule has 1 heterocycles. The minimum atomic E-state index is -0.0844. The number of benzene rings is 1. The van der Waals surface area contributed by atoms with Crippen LogP contribution in [0, 0.1) is 0 Å². The van der Waals surface area contributed by atoms with Gasteiger partial charge in [0.15, 0.2) is 0 Å². The molecule has 2 rings (SSSR count). The van der Waals surface area contributed by atoms with Crippen LogP contribution in [-0.2, 0) is 0 Å². The van der Waals surface area contributed by atoms with E-state index in [0.717, 1.165) is 16.6 Å². The fourth-order valence-electron chi connectivity index (χ4n) is 1.83. The van der Waals surface area contributed by atoms with Gasteiger partial charge >= 0.3 is 0 Å². The predicted octanol–water partition coefficient (Wildman–Crippen LogP) is 2.03. The summed E-state index contributed by atoms with van der Waals surface area (Å²) in [5.74, 6) is 0.701. The van der Waals surface area contributed by atoms with E-state index >= 15 is 0 Å². The van der Waals surface area contributed by atoms with Crippen LogP contribution in [0.5, 0.6) is 0 Å². The lowest BCUT2D eigenvalue weighted by atomic mass is 10.1. The molecule has 1 aromatic carbocycles. The van der Waals surface area contributed by atoms with Gasteiger partial charge in [0.05, 0.1) is 5.56 Å². The van der Waals surface area contributed by atoms with Crippen LogP contribution in [0.4, 0.5) is 5.82 Å². The Morgan fingerprint density at radius 3 is 2.65 bits per heavy atom. The Morgan fingerprint density at radius 1 is 1.29 bits per heavy atom. The molecule has 0 aliphatic rings. The lowest BCUT2D eigenvalue weighted by Gasteiger charge is -2.09. The zero-order chi connectivity index (χ0) is 12.3. The summed E-state index contributed by atoms with van der Waals surface area (Å²) in [6.45, 7) is 2.51. The number of fused-ring (bicyclic) bond motifs is 1. The van der Waals surface area contributed by atoms with Crippen LogP contribution in [0.1, 0.15) is 17.3 Å². The van der Waals surface area contributed by atoms with E-state index in [1.165, 1.54) is 0 Å². The summed E-state index contributed by atoms with van der Waals surface area (Å²) in [5, 5.41) is 7.69. The standard InChI is InChI=1S/C13H15N3O/c1-3-15-13(17)11-8-16-12(14-2)10-7-5-4-6-9(10)11/h4-8H,3H2,1-2H3,(H,14,16)(H,15,17). The Labute approximate surface area is 100 Å². The van der Waals surface area contributed by atoms with Crippen molar-refractivity contribution >= 4 is 22.5 Å². The van der Waals surface area contributed by atoms with Crippen molar-refractivity contribution in [2.45, 2.75) is 6.92 Å². The fraction of sp³-hybridized carbons (Fsp3) is 0.231. The first kappa shape index (κ1) is 11.4. The lowest BCUT2D eigenvalue weighted by Crippen LogP contribution is -2.23. The second kappa shape index (κ2) is 4.82. The molecule has 0 saturated heterocycles. The van der Waals surface area contributed by atoms with Crippen molar-refractivity contribution in [1.29, 1.82) is 0 Å². The van der Waals surface area contributed by atoms with Gasteiger partial charge < -0.3 is 10.6 Å². The van der Waals surface area contributed by atoms with Crippen molar-refractivity contribution < 1.29 is 4.79 Å². The number of nitrogens with one attached hydrogen (secondary N) is 2. The summed E-state index contributed by atoms with van der Waals surface area (Å²) in [4.78, 5) is 16.1. The Kier molecular flexibility index (Phi) is 3.23. The normalized spacial score (nSPS) is 10.2. The molecule has 0 radical (unpaired) electrons. The van der Waals surface area contributed by atoms with Crippen LogP contribution in [0.15, 0.2) is 30.5 Å². The zero-order valence-corrected chi connectivity index (χ0v) is 9.95. The number of nitrogens with zero attached hydrogens (tertiary/aromatic N) is 1. The minimum Gasteiger partial charge on any atom is -0.373 e. The molecule has 2 aromatic rings. The van der Waals surface area contributed by atoms with Gasteiger partial charge in [-0.05, 0) is 12.3 Å². The van der Waals surface area contributed by atoms with Gasteiger partial charge in [0.2, 0.25) is 0 Å². The Balaban J connectivity index is 2.62. The number of hydrogen-bond acceptors (Lipinski definition) is 3. The van der Waals surface area contributed by atoms with E-state index in [2.05, 4.69) is 15.6 Å². The number of pyridine rings is 1. The first-order valence-corrected chi connectivity index (χ1v) is 5.61. The number of anilines is 1. The highest BCUT2D eigenvalue weighted by Gasteiger charge is 2.11. The molecule has 1 aromatic heterocycles. The predicted molar refractivity (Wildman–Crippen MR) is 69.3 cm³/mol. The van der Waals surface area contributed by atoms with Crippen LogP contribution in [0.2, 0.25) is 0 Å². The van der Waals surface area contributed by atoms with Gasteiger partial charge in [-0.3, -0.25) is 4.79 Å². The molecular weight excluding hydrogens is 214 g/mol. The van der Waals surface area contributed by atoms with Crippen molar-refractivity contribution in [2.75, 3.05) is 18.9 Å². The molecular formula is C13H15N3O. The molecule has 4 nitrogen and oxygen atoms in total. The lowest BCUT2D eigenvalue weighted by molar-refractivity contribution is 0.0957. The molecule has 0 aliphatic heterocycles. The maximum Gasteiger partial charge on any atom is 0.253 e. The van der Waals surface area contributed by atoms with Crippen LogP contribution in [0.25, 0.3) is 10.8 Å². The van der Waals surface area contributed by atoms with Gasteiger partial charge in [-0.15, -0.1) is 0 Å². The molecule has 1 amide bonds. The zero-order valence-electron chi connectivity index (χ0n) is 9.95. The Bertz CT molecular complexity index is 551. The third-order valence-electron chi connectivity index (χ3n) is 2.61. The summed E-state index contributed by atoms with van der Waals surface area (Å²) in [7, 11) is 1.82. The molecule has 0 atom stereocenters. The number of amides is 1. The van der Waals surface area contributed by atoms with Gasteiger partial charge in [0, 0.05) is 25.2 Å². The van der Waals surface area contributed by atoms with E-state index in [-0.39, 0.29) is 5.91 Å². The maximum absolute atomic E-state index is 11.9. The second-order valence-corrected chi connectivity index (χ2v) is 3.68. The first-order valence-electron chi connectivity index (χ1n) is 5.61. The van der Waals surface area contributed by atoms with E-state index in [1.54, 1.807) is 6.20 Å². The minimum absolute atomic E-state index is 0.0844. The third-order valence-corrected chi connectivity index (χ3v) is 2.61. The van der Waals surface area contributed by atoms with Gasteiger partial charge in [-0.25, -0.2) is 4.98 Å². The number of rotatable bonds is 3.